The molecule has 0 bridgehead atoms. The van der Waals surface area contributed by atoms with Crippen LogP contribution < -0.4 is 10.2 Å². The van der Waals surface area contributed by atoms with Crippen molar-refractivity contribution in [3.05, 3.63) is 29.8 Å². The fourth-order valence-corrected chi connectivity index (χ4v) is 2.40. The summed E-state index contributed by atoms with van der Waals surface area (Å²) in [6.07, 6.45) is -4.26. The quantitative estimate of drug-likeness (QED) is 0.833. The van der Waals surface area contributed by atoms with Crippen molar-refractivity contribution < 1.29 is 13.2 Å². The summed E-state index contributed by atoms with van der Waals surface area (Å²) in [4.78, 5) is 2.12. The number of nitrogens with zero attached hydrogens (tertiary/aromatic N) is 1. The summed E-state index contributed by atoms with van der Waals surface area (Å²) in [5.41, 5.74) is 0.255. The monoisotopic (exact) mass is 258 g/mol. The molecule has 18 heavy (non-hydrogen) atoms. The summed E-state index contributed by atoms with van der Waals surface area (Å²) < 4.78 is 37.4. The molecule has 1 aliphatic rings. The first-order valence-electron chi connectivity index (χ1n) is 6.04. The molecule has 0 amide bonds. The van der Waals surface area contributed by atoms with Gasteiger partial charge in [-0.05, 0) is 38.1 Å². The van der Waals surface area contributed by atoms with Gasteiger partial charge in [0.15, 0.2) is 0 Å². The van der Waals surface area contributed by atoms with E-state index in [2.05, 4.69) is 24.1 Å². The number of nitrogens with one attached hydrogen (secondary N) is 1. The van der Waals surface area contributed by atoms with Gasteiger partial charge in [0.25, 0.3) is 0 Å². The number of rotatable bonds is 1. The lowest BCUT2D eigenvalue weighted by molar-refractivity contribution is -0.137. The van der Waals surface area contributed by atoms with Crippen molar-refractivity contribution in [1.29, 1.82) is 0 Å². The molecule has 1 aliphatic heterocycles. The van der Waals surface area contributed by atoms with Gasteiger partial charge in [-0.1, -0.05) is 0 Å². The first-order valence-corrected chi connectivity index (χ1v) is 6.04. The van der Waals surface area contributed by atoms with E-state index in [1.165, 1.54) is 0 Å². The van der Waals surface area contributed by atoms with Gasteiger partial charge in [-0.25, -0.2) is 0 Å². The van der Waals surface area contributed by atoms with Gasteiger partial charge in [0.1, 0.15) is 0 Å². The minimum Gasteiger partial charge on any atom is -0.368 e. The molecule has 5 heteroatoms. The van der Waals surface area contributed by atoms with E-state index in [1.54, 1.807) is 12.1 Å². The minimum atomic E-state index is -4.26. The molecule has 0 spiro atoms. The molecule has 1 saturated heterocycles. The molecule has 0 aromatic heterocycles. The predicted octanol–water partition coefficient (Wildman–Crippen LogP) is 2.89. The molecular formula is C13H17F3N2. The smallest absolute Gasteiger partial charge is 0.368 e. The largest absolute Gasteiger partial charge is 0.416 e. The maximum absolute atomic E-state index is 12.5. The van der Waals surface area contributed by atoms with Crippen molar-refractivity contribution in [3.8, 4) is 0 Å². The lowest BCUT2D eigenvalue weighted by Gasteiger charge is -2.37. The molecule has 1 N–H and O–H groups in total. The van der Waals surface area contributed by atoms with Gasteiger partial charge in [-0.2, -0.15) is 13.2 Å². The van der Waals surface area contributed by atoms with E-state index in [9.17, 15) is 13.2 Å². The van der Waals surface area contributed by atoms with Crippen LogP contribution in [0.2, 0.25) is 0 Å². The Balaban J connectivity index is 2.14. The van der Waals surface area contributed by atoms with Gasteiger partial charge < -0.3 is 10.2 Å². The number of benzene rings is 1. The van der Waals surface area contributed by atoms with Gasteiger partial charge >= 0.3 is 6.18 Å². The molecule has 100 valence electrons. The fourth-order valence-electron chi connectivity index (χ4n) is 2.40. The predicted molar refractivity (Wildman–Crippen MR) is 65.7 cm³/mol. The van der Waals surface area contributed by atoms with E-state index in [4.69, 9.17) is 0 Å². The normalized spacial score (nSPS) is 25.3. The van der Waals surface area contributed by atoms with Gasteiger partial charge in [-0.3, -0.25) is 0 Å². The van der Waals surface area contributed by atoms with Crippen molar-refractivity contribution in [3.63, 3.8) is 0 Å². The van der Waals surface area contributed by atoms with E-state index in [0.29, 0.717) is 12.1 Å². The Hall–Kier alpha value is -1.23. The first kappa shape index (κ1) is 13.2. The fraction of sp³-hybridized carbons (Fsp3) is 0.538. The number of halogens is 3. The second kappa shape index (κ2) is 4.80. The highest BCUT2D eigenvalue weighted by Gasteiger charge is 2.30. The molecule has 2 atom stereocenters. The van der Waals surface area contributed by atoms with E-state index < -0.39 is 11.7 Å². The summed E-state index contributed by atoms with van der Waals surface area (Å²) in [5, 5.41) is 3.39. The number of anilines is 1. The third kappa shape index (κ3) is 2.96. The molecule has 1 aromatic carbocycles. The average Bonchev–Trinajstić information content (AvgIpc) is 2.27. The van der Waals surface area contributed by atoms with Crippen LogP contribution in [-0.2, 0) is 6.18 Å². The Morgan fingerprint density at radius 1 is 1.06 bits per heavy atom. The second-order valence-corrected chi connectivity index (χ2v) is 4.92. The lowest BCUT2D eigenvalue weighted by Crippen LogP contribution is -2.54. The van der Waals surface area contributed by atoms with Crippen molar-refractivity contribution in [2.24, 2.45) is 0 Å². The first-order chi connectivity index (χ1) is 8.36. The van der Waals surface area contributed by atoms with Crippen LogP contribution in [0.25, 0.3) is 0 Å². The van der Waals surface area contributed by atoms with E-state index in [1.807, 2.05) is 0 Å². The Morgan fingerprint density at radius 3 is 2.00 bits per heavy atom. The average molecular weight is 258 g/mol. The Morgan fingerprint density at radius 2 is 1.56 bits per heavy atom. The lowest BCUT2D eigenvalue weighted by atomic mass is 10.1. The maximum atomic E-state index is 12.5. The maximum Gasteiger partial charge on any atom is 0.416 e. The van der Waals surface area contributed by atoms with E-state index >= 15 is 0 Å². The number of piperazine rings is 1. The summed E-state index contributed by atoms with van der Waals surface area (Å²) in [6, 6.07) is 6.08. The van der Waals surface area contributed by atoms with Crippen LogP contribution in [0.5, 0.6) is 0 Å². The van der Waals surface area contributed by atoms with Crippen LogP contribution in [0.15, 0.2) is 24.3 Å². The Kier molecular flexibility index (Phi) is 3.52. The van der Waals surface area contributed by atoms with E-state index in [0.717, 1.165) is 30.9 Å². The topological polar surface area (TPSA) is 15.3 Å². The standard InChI is InChI=1S/C13H17F3N2/c1-9-7-18(8-10(2)17-9)12-5-3-11(4-6-12)13(14,15)16/h3-6,9-10,17H,7-8H2,1-2H3/t9-,10-/m1/s1. The molecule has 1 aromatic rings. The highest BCUT2D eigenvalue weighted by molar-refractivity contribution is 5.49. The van der Waals surface area contributed by atoms with Crippen LogP contribution in [0.3, 0.4) is 0 Å². The highest BCUT2D eigenvalue weighted by Crippen LogP contribution is 2.30. The summed E-state index contributed by atoms with van der Waals surface area (Å²) in [5.74, 6) is 0. The van der Waals surface area contributed by atoms with Crippen molar-refractivity contribution >= 4 is 5.69 Å². The van der Waals surface area contributed by atoms with Crippen LogP contribution in [0.1, 0.15) is 19.4 Å². The molecule has 1 fully saturated rings. The minimum absolute atomic E-state index is 0.344. The summed E-state index contributed by atoms with van der Waals surface area (Å²) in [6.45, 7) is 5.78. The number of alkyl halides is 3. The third-order valence-electron chi connectivity index (χ3n) is 3.12. The third-order valence-corrected chi connectivity index (χ3v) is 3.12. The zero-order valence-corrected chi connectivity index (χ0v) is 10.5. The van der Waals surface area contributed by atoms with Gasteiger partial charge in [0.05, 0.1) is 5.56 Å². The molecule has 1 heterocycles. The Labute approximate surface area is 105 Å². The summed E-state index contributed by atoms with van der Waals surface area (Å²) in [7, 11) is 0. The second-order valence-electron chi connectivity index (χ2n) is 4.92. The highest BCUT2D eigenvalue weighted by atomic mass is 19.4. The molecule has 0 unspecified atom stereocenters. The summed E-state index contributed by atoms with van der Waals surface area (Å²) >= 11 is 0. The molecule has 0 radical (unpaired) electrons. The molecule has 0 saturated carbocycles. The van der Waals surface area contributed by atoms with Crippen LogP contribution in [0, 0.1) is 0 Å². The van der Waals surface area contributed by atoms with Gasteiger partial charge in [-0.15, -0.1) is 0 Å². The Bertz CT molecular complexity index is 390. The zero-order chi connectivity index (χ0) is 13.3. The molecule has 2 nitrogen and oxygen atoms in total. The van der Waals surface area contributed by atoms with Crippen LogP contribution in [-0.4, -0.2) is 25.2 Å². The SMILES string of the molecule is C[C@@H]1CN(c2ccc(C(F)(F)F)cc2)C[C@@H](C)N1. The van der Waals surface area contributed by atoms with Gasteiger partial charge in [0, 0.05) is 30.9 Å². The van der Waals surface area contributed by atoms with Crippen LogP contribution in [0.4, 0.5) is 18.9 Å². The molecule has 0 aliphatic carbocycles. The van der Waals surface area contributed by atoms with Gasteiger partial charge in [0.2, 0.25) is 0 Å². The zero-order valence-electron chi connectivity index (χ0n) is 10.5. The number of hydrogen-bond donors (Lipinski definition) is 1. The molecule has 2 rings (SSSR count). The van der Waals surface area contributed by atoms with E-state index in [-0.39, 0.29) is 0 Å². The number of hydrogen-bond acceptors (Lipinski definition) is 2. The van der Waals surface area contributed by atoms with Crippen molar-refractivity contribution in [2.45, 2.75) is 32.1 Å². The van der Waals surface area contributed by atoms with Crippen LogP contribution >= 0.6 is 0 Å². The molecular weight excluding hydrogens is 241 g/mol. The van der Waals surface area contributed by atoms with Crippen molar-refractivity contribution in [1.82, 2.24) is 5.32 Å². The van der Waals surface area contributed by atoms with Crippen molar-refractivity contribution in [2.75, 3.05) is 18.0 Å².